The molecule has 0 saturated carbocycles. The number of hydrogen-bond acceptors (Lipinski definition) is 4. The molecule has 0 unspecified atom stereocenters. The van der Waals surface area contributed by atoms with Gasteiger partial charge in [-0.3, -0.25) is 9.59 Å². The van der Waals surface area contributed by atoms with Gasteiger partial charge in [-0.05, 0) is 24.8 Å². The zero-order chi connectivity index (χ0) is 20.9. The van der Waals surface area contributed by atoms with E-state index in [0.717, 1.165) is 18.4 Å². The summed E-state index contributed by atoms with van der Waals surface area (Å²) in [5.74, 6) is -0.786. The number of aliphatic hydroxyl groups excluding tert-OH is 1. The summed E-state index contributed by atoms with van der Waals surface area (Å²) in [6, 6.07) is 0. The van der Waals surface area contributed by atoms with Crippen LogP contribution in [0.2, 0.25) is 0 Å². The first-order valence-corrected chi connectivity index (χ1v) is 9.10. The van der Waals surface area contributed by atoms with Crippen molar-refractivity contribution in [3.05, 3.63) is 84.7 Å². The maximum Gasteiger partial charge on any atom is 0.251 e. The van der Waals surface area contributed by atoms with E-state index in [2.05, 4.69) is 13.2 Å². The molecule has 6 heteroatoms. The van der Waals surface area contributed by atoms with Crippen molar-refractivity contribution in [2.45, 2.75) is 12.8 Å². The predicted octanol–water partition coefficient (Wildman–Crippen LogP) is 2.45. The first kappa shape index (κ1) is 22.9. The molecule has 28 heavy (non-hydrogen) atoms. The number of nitrogens with zero attached hydrogens (tertiary/aromatic N) is 1. The van der Waals surface area contributed by atoms with Crippen LogP contribution < -0.4 is 11.5 Å². The van der Waals surface area contributed by atoms with Crippen molar-refractivity contribution in [2.24, 2.45) is 17.4 Å². The van der Waals surface area contributed by atoms with E-state index in [-0.39, 0.29) is 17.2 Å². The molecule has 1 fully saturated rings. The molecular weight excluding hydrogens is 354 g/mol. The fourth-order valence-electron chi connectivity index (χ4n) is 2.62. The second-order valence-electron chi connectivity index (χ2n) is 6.34. The monoisotopic (exact) mass is 383 g/mol. The second-order valence-corrected chi connectivity index (χ2v) is 6.34. The second kappa shape index (κ2) is 12.3. The number of amides is 2. The van der Waals surface area contributed by atoms with E-state index < -0.39 is 5.91 Å². The third-order valence-electron chi connectivity index (χ3n) is 4.35. The van der Waals surface area contributed by atoms with Gasteiger partial charge in [-0.15, -0.1) is 0 Å². The number of primary amides is 1. The molecule has 0 aromatic heterocycles. The van der Waals surface area contributed by atoms with Crippen molar-refractivity contribution in [1.29, 1.82) is 0 Å². The van der Waals surface area contributed by atoms with E-state index in [9.17, 15) is 14.7 Å². The summed E-state index contributed by atoms with van der Waals surface area (Å²) in [6.45, 7) is 9.35. The number of carbonyl (C=O) groups is 2. The van der Waals surface area contributed by atoms with Crippen LogP contribution in [0.3, 0.4) is 0 Å². The smallest absolute Gasteiger partial charge is 0.251 e. The summed E-state index contributed by atoms with van der Waals surface area (Å²) in [5.41, 5.74) is 11.3. The Kier molecular flexibility index (Phi) is 10.1. The van der Waals surface area contributed by atoms with E-state index in [1.807, 2.05) is 24.3 Å². The highest BCUT2D eigenvalue weighted by Crippen LogP contribution is 2.24. The Hall–Kier alpha value is -3.12. The number of hydrogen-bond donors (Lipinski definition) is 3. The van der Waals surface area contributed by atoms with E-state index >= 15 is 0 Å². The Balaban J connectivity index is 2.45. The first-order chi connectivity index (χ1) is 13.4. The number of likely N-dealkylation sites (tertiary alicyclic amines) is 1. The molecule has 0 spiro atoms. The molecule has 150 valence electrons. The van der Waals surface area contributed by atoms with Crippen molar-refractivity contribution in [1.82, 2.24) is 4.90 Å². The van der Waals surface area contributed by atoms with Gasteiger partial charge in [0.2, 0.25) is 5.91 Å². The van der Waals surface area contributed by atoms with Gasteiger partial charge in [0, 0.05) is 25.7 Å². The van der Waals surface area contributed by atoms with Crippen molar-refractivity contribution < 1.29 is 14.7 Å². The first-order valence-electron chi connectivity index (χ1n) is 9.10. The lowest BCUT2D eigenvalue weighted by atomic mass is 9.89. The number of rotatable bonds is 9. The van der Waals surface area contributed by atoms with Gasteiger partial charge in [0.1, 0.15) is 5.76 Å². The van der Waals surface area contributed by atoms with Gasteiger partial charge in [0.15, 0.2) is 0 Å². The molecule has 0 aromatic rings. The Morgan fingerprint density at radius 1 is 1.04 bits per heavy atom. The number of nitrogens with two attached hydrogens (primary N) is 2. The summed E-state index contributed by atoms with van der Waals surface area (Å²) in [4.78, 5) is 24.9. The van der Waals surface area contributed by atoms with Crippen LogP contribution >= 0.6 is 0 Å². The molecule has 2 amide bonds. The van der Waals surface area contributed by atoms with Crippen LogP contribution in [0.1, 0.15) is 12.8 Å². The van der Waals surface area contributed by atoms with Gasteiger partial charge < -0.3 is 21.5 Å². The topological polar surface area (TPSA) is 110 Å². The molecular formula is C22H29N3O3. The number of aliphatic hydroxyl groups is 1. The molecule has 0 atom stereocenters. The van der Waals surface area contributed by atoms with E-state index in [0.29, 0.717) is 25.6 Å². The van der Waals surface area contributed by atoms with Crippen LogP contribution in [0.25, 0.3) is 0 Å². The van der Waals surface area contributed by atoms with Gasteiger partial charge >= 0.3 is 0 Å². The van der Waals surface area contributed by atoms with Gasteiger partial charge in [0.05, 0.1) is 5.57 Å². The van der Waals surface area contributed by atoms with Crippen LogP contribution in [0.4, 0.5) is 0 Å². The SMILES string of the molecule is C=C(C(N)=O)\C(O)=C/C=C/C=C/C(=O)N1CCC(C(=C)/C=C\C=C\CN)CC1. The summed E-state index contributed by atoms with van der Waals surface area (Å²) < 4.78 is 0. The average molecular weight is 383 g/mol. The normalized spacial score (nSPS) is 16.6. The minimum Gasteiger partial charge on any atom is -0.507 e. The van der Waals surface area contributed by atoms with Crippen molar-refractivity contribution in [2.75, 3.05) is 19.6 Å². The molecule has 1 rings (SSSR count). The highest BCUT2D eigenvalue weighted by atomic mass is 16.3. The van der Waals surface area contributed by atoms with Crippen LogP contribution in [0.5, 0.6) is 0 Å². The summed E-state index contributed by atoms with van der Waals surface area (Å²) in [7, 11) is 0. The largest absolute Gasteiger partial charge is 0.507 e. The maximum atomic E-state index is 12.2. The predicted molar refractivity (Wildman–Crippen MR) is 113 cm³/mol. The Bertz CT molecular complexity index is 734. The Morgan fingerprint density at radius 3 is 2.29 bits per heavy atom. The van der Waals surface area contributed by atoms with E-state index in [4.69, 9.17) is 11.5 Å². The van der Waals surface area contributed by atoms with Crippen molar-refractivity contribution in [3.63, 3.8) is 0 Å². The van der Waals surface area contributed by atoms with Gasteiger partial charge in [-0.2, -0.15) is 0 Å². The molecule has 0 radical (unpaired) electrons. The third kappa shape index (κ3) is 8.05. The van der Waals surface area contributed by atoms with Gasteiger partial charge in [-0.1, -0.05) is 61.3 Å². The summed E-state index contributed by atoms with van der Waals surface area (Å²) in [6.07, 6.45) is 16.9. The van der Waals surface area contributed by atoms with Crippen LogP contribution in [0, 0.1) is 5.92 Å². The molecule has 1 aliphatic rings. The molecule has 1 heterocycles. The lowest BCUT2D eigenvalue weighted by Gasteiger charge is -2.31. The molecule has 1 saturated heterocycles. The van der Waals surface area contributed by atoms with Crippen LogP contribution in [-0.4, -0.2) is 41.5 Å². The van der Waals surface area contributed by atoms with Crippen LogP contribution in [0.15, 0.2) is 84.7 Å². The number of piperidine rings is 1. The lowest BCUT2D eigenvalue weighted by molar-refractivity contribution is -0.127. The van der Waals surface area contributed by atoms with Crippen LogP contribution in [-0.2, 0) is 9.59 Å². The molecule has 0 bridgehead atoms. The summed E-state index contributed by atoms with van der Waals surface area (Å²) in [5, 5.41) is 9.54. The standard InChI is InChI=1S/C22H29N3O3/c1-17(9-5-4-8-14-23)19-12-15-25(16-13-19)21(27)11-7-3-6-10-20(26)18(2)22(24)28/h3-11,19,26H,1-2,12-16,23H2,(H2,24,28)/b6-3+,8-4+,9-5-,11-7+,20-10+. The Labute approximate surface area is 166 Å². The number of allylic oxidation sites excluding steroid dienone is 8. The quantitative estimate of drug-likeness (QED) is 0.323. The maximum absolute atomic E-state index is 12.2. The third-order valence-corrected chi connectivity index (χ3v) is 4.35. The molecule has 0 aromatic carbocycles. The summed E-state index contributed by atoms with van der Waals surface area (Å²) >= 11 is 0. The van der Waals surface area contributed by atoms with E-state index in [1.165, 1.54) is 18.2 Å². The number of carbonyl (C=O) groups excluding carboxylic acids is 2. The van der Waals surface area contributed by atoms with Gasteiger partial charge in [0.25, 0.3) is 5.91 Å². The lowest BCUT2D eigenvalue weighted by Crippen LogP contribution is -2.37. The fourth-order valence-corrected chi connectivity index (χ4v) is 2.62. The van der Waals surface area contributed by atoms with Gasteiger partial charge in [-0.25, -0.2) is 0 Å². The zero-order valence-corrected chi connectivity index (χ0v) is 16.1. The molecule has 6 nitrogen and oxygen atoms in total. The molecule has 0 aliphatic carbocycles. The van der Waals surface area contributed by atoms with E-state index in [1.54, 1.807) is 17.1 Å². The molecule has 1 aliphatic heterocycles. The zero-order valence-electron chi connectivity index (χ0n) is 16.1. The fraction of sp³-hybridized carbons (Fsp3) is 0.273. The minimum atomic E-state index is -0.790. The van der Waals surface area contributed by atoms with Crippen molar-refractivity contribution >= 4 is 11.8 Å². The minimum absolute atomic E-state index is 0.0649. The Morgan fingerprint density at radius 2 is 1.68 bits per heavy atom. The highest BCUT2D eigenvalue weighted by Gasteiger charge is 2.22. The molecule has 5 N–H and O–H groups in total. The highest BCUT2D eigenvalue weighted by molar-refractivity contribution is 5.95. The average Bonchev–Trinajstić information content (AvgIpc) is 2.69. The van der Waals surface area contributed by atoms with Crippen molar-refractivity contribution in [3.8, 4) is 0 Å².